The van der Waals surface area contributed by atoms with Gasteiger partial charge in [0.05, 0.1) is 5.60 Å². The van der Waals surface area contributed by atoms with E-state index in [1.807, 2.05) is 37.3 Å². The number of carbonyl (C=O) groups excluding carboxylic acids is 1. The summed E-state index contributed by atoms with van der Waals surface area (Å²) in [6, 6.07) is 9.21. The second kappa shape index (κ2) is 7.32. The third kappa shape index (κ3) is 4.85. The number of amides is 1. The summed E-state index contributed by atoms with van der Waals surface area (Å²) < 4.78 is 1.47. The number of rotatable bonds is 7. The molecule has 0 aliphatic rings. The maximum absolute atomic E-state index is 13.0. The number of tetrazole rings is 1. The number of likely N-dealkylation sites (N-methyl/N-ethyl adjacent to an activating group) is 1. The highest BCUT2D eigenvalue weighted by Crippen LogP contribution is 2.17. The maximum Gasteiger partial charge on any atom is 0.248 e. The number of hydrogen-bond acceptors (Lipinski definition) is 5. The van der Waals surface area contributed by atoms with Gasteiger partial charge in [-0.25, -0.2) is 4.68 Å². The molecule has 1 unspecified atom stereocenters. The molecule has 1 atom stereocenters. The predicted octanol–water partition coefficient (Wildman–Crippen LogP) is 1.08. The highest BCUT2D eigenvalue weighted by Gasteiger charge is 2.29. The predicted molar refractivity (Wildman–Crippen MR) is 85.6 cm³/mol. The molecule has 1 amide bonds. The van der Waals surface area contributed by atoms with Crippen molar-refractivity contribution in [1.82, 2.24) is 25.1 Å². The summed E-state index contributed by atoms with van der Waals surface area (Å²) in [5.41, 5.74) is 0.0736. The van der Waals surface area contributed by atoms with Crippen molar-refractivity contribution >= 4 is 5.91 Å². The fraction of sp³-hybridized carbons (Fsp3) is 0.500. The quantitative estimate of drug-likeness (QED) is 0.826. The third-order valence-corrected chi connectivity index (χ3v) is 3.51. The zero-order valence-electron chi connectivity index (χ0n) is 13.8. The first-order valence-electron chi connectivity index (χ1n) is 7.68. The average molecular weight is 317 g/mol. The Bertz CT molecular complexity index is 607. The van der Waals surface area contributed by atoms with E-state index in [0.717, 1.165) is 5.56 Å². The van der Waals surface area contributed by atoms with E-state index in [1.54, 1.807) is 18.7 Å². The molecule has 0 aliphatic carbocycles. The van der Waals surface area contributed by atoms with Crippen molar-refractivity contribution in [2.24, 2.45) is 0 Å². The lowest BCUT2D eigenvalue weighted by Crippen LogP contribution is -2.45. The molecule has 1 N–H and O–H groups in total. The van der Waals surface area contributed by atoms with E-state index in [1.165, 1.54) is 11.0 Å². The molecule has 7 nitrogen and oxygen atoms in total. The summed E-state index contributed by atoms with van der Waals surface area (Å²) in [5.74, 6) is -0.106. The number of benzene rings is 1. The van der Waals surface area contributed by atoms with Crippen molar-refractivity contribution in [2.45, 2.75) is 38.8 Å². The van der Waals surface area contributed by atoms with Crippen LogP contribution in [-0.2, 0) is 11.2 Å². The largest absolute Gasteiger partial charge is 0.389 e. The lowest BCUT2D eigenvalue weighted by Gasteiger charge is -2.31. The first-order valence-corrected chi connectivity index (χ1v) is 7.68. The van der Waals surface area contributed by atoms with E-state index >= 15 is 0 Å². The SMILES string of the molecule is CCN(CC(C)(C)O)C(=O)C(Cc1ccccc1)n1cnnn1. The summed E-state index contributed by atoms with van der Waals surface area (Å²) >= 11 is 0. The van der Waals surface area contributed by atoms with Gasteiger partial charge in [0.15, 0.2) is 0 Å². The number of nitrogens with zero attached hydrogens (tertiary/aromatic N) is 5. The van der Waals surface area contributed by atoms with Crippen LogP contribution in [0.3, 0.4) is 0 Å². The minimum atomic E-state index is -0.955. The fourth-order valence-corrected chi connectivity index (χ4v) is 2.47. The molecule has 0 spiro atoms. The van der Waals surface area contributed by atoms with E-state index in [-0.39, 0.29) is 12.5 Å². The third-order valence-electron chi connectivity index (χ3n) is 3.51. The lowest BCUT2D eigenvalue weighted by molar-refractivity contribution is -0.137. The van der Waals surface area contributed by atoms with Gasteiger partial charge in [-0.3, -0.25) is 4.79 Å². The van der Waals surface area contributed by atoms with Gasteiger partial charge in [0.2, 0.25) is 5.91 Å². The molecule has 0 saturated carbocycles. The summed E-state index contributed by atoms with van der Waals surface area (Å²) in [4.78, 5) is 14.6. The number of carbonyl (C=O) groups is 1. The normalized spacial score (nSPS) is 12.9. The van der Waals surface area contributed by atoms with Crippen molar-refractivity contribution in [3.8, 4) is 0 Å². The van der Waals surface area contributed by atoms with E-state index in [9.17, 15) is 9.90 Å². The molecule has 1 heterocycles. The summed E-state index contributed by atoms with van der Waals surface area (Å²) in [5, 5.41) is 21.2. The highest BCUT2D eigenvalue weighted by atomic mass is 16.3. The number of hydrogen-bond donors (Lipinski definition) is 1. The Kier molecular flexibility index (Phi) is 5.44. The van der Waals surface area contributed by atoms with Gasteiger partial charge in [0, 0.05) is 19.5 Å². The molecule has 0 bridgehead atoms. The minimum absolute atomic E-state index is 0.106. The molecular weight excluding hydrogens is 294 g/mol. The Balaban J connectivity index is 2.24. The highest BCUT2D eigenvalue weighted by molar-refractivity contribution is 5.80. The molecule has 1 aromatic heterocycles. The Morgan fingerprint density at radius 1 is 1.35 bits per heavy atom. The van der Waals surface area contributed by atoms with Crippen molar-refractivity contribution in [3.63, 3.8) is 0 Å². The molecule has 124 valence electrons. The smallest absolute Gasteiger partial charge is 0.248 e. The van der Waals surface area contributed by atoms with Crippen LogP contribution in [0.15, 0.2) is 36.7 Å². The molecule has 1 aromatic carbocycles. The van der Waals surface area contributed by atoms with Crippen molar-refractivity contribution in [2.75, 3.05) is 13.1 Å². The second-order valence-electron chi connectivity index (χ2n) is 6.16. The van der Waals surface area contributed by atoms with Crippen LogP contribution >= 0.6 is 0 Å². The molecule has 2 rings (SSSR count). The Hall–Kier alpha value is -2.28. The zero-order valence-corrected chi connectivity index (χ0v) is 13.8. The number of aliphatic hydroxyl groups is 1. The van der Waals surface area contributed by atoms with E-state index in [0.29, 0.717) is 13.0 Å². The van der Waals surface area contributed by atoms with E-state index < -0.39 is 11.6 Å². The monoisotopic (exact) mass is 317 g/mol. The van der Waals surface area contributed by atoms with Gasteiger partial charge in [0.25, 0.3) is 0 Å². The molecule has 0 aliphatic heterocycles. The van der Waals surface area contributed by atoms with Gasteiger partial charge >= 0.3 is 0 Å². The molecule has 0 fully saturated rings. The van der Waals surface area contributed by atoms with Crippen molar-refractivity contribution in [1.29, 1.82) is 0 Å². The Morgan fingerprint density at radius 2 is 2.04 bits per heavy atom. The van der Waals surface area contributed by atoms with Crippen molar-refractivity contribution < 1.29 is 9.90 Å². The van der Waals surface area contributed by atoms with Gasteiger partial charge in [-0.1, -0.05) is 30.3 Å². The molecule has 2 aromatic rings. The van der Waals surface area contributed by atoms with Crippen LogP contribution in [0.1, 0.15) is 32.4 Å². The molecule has 0 radical (unpaired) electrons. The standard InChI is InChI=1S/C16H23N5O2/c1-4-20(11-16(2,3)23)15(22)14(21-12-17-18-19-21)10-13-8-6-5-7-9-13/h5-9,12,14,23H,4,10-11H2,1-3H3. The first-order chi connectivity index (χ1) is 10.9. The Labute approximate surface area is 135 Å². The van der Waals surface area contributed by atoms with Crippen LogP contribution in [0.2, 0.25) is 0 Å². The van der Waals surface area contributed by atoms with Gasteiger partial charge in [0.1, 0.15) is 12.4 Å². The second-order valence-corrected chi connectivity index (χ2v) is 6.16. The molecule has 0 saturated heterocycles. The summed E-state index contributed by atoms with van der Waals surface area (Å²) in [6.45, 7) is 6.03. The topological polar surface area (TPSA) is 84.1 Å². The zero-order chi connectivity index (χ0) is 16.9. The van der Waals surface area contributed by atoms with Gasteiger partial charge in [-0.15, -0.1) is 5.10 Å². The number of aromatic nitrogens is 4. The van der Waals surface area contributed by atoms with Gasteiger partial charge in [-0.2, -0.15) is 0 Å². The van der Waals surface area contributed by atoms with Gasteiger partial charge < -0.3 is 10.0 Å². The minimum Gasteiger partial charge on any atom is -0.389 e. The van der Waals surface area contributed by atoms with E-state index in [4.69, 9.17) is 0 Å². The average Bonchev–Trinajstić information content (AvgIpc) is 3.04. The lowest BCUT2D eigenvalue weighted by atomic mass is 10.0. The van der Waals surface area contributed by atoms with Crippen LogP contribution in [0.4, 0.5) is 0 Å². The van der Waals surface area contributed by atoms with Crippen LogP contribution < -0.4 is 0 Å². The van der Waals surface area contributed by atoms with Crippen molar-refractivity contribution in [3.05, 3.63) is 42.2 Å². The molecule has 23 heavy (non-hydrogen) atoms. The van der Waals surface area contributed by atoms with E-state index in [2.05, 4.69) is 15.5 Å². The van der Waals surface area contributed by atoms with Crippen LogP contribution in [-0.4, -0.2) is 54.8 Å². The Morgan fingerprint density at radius 3 is 2.57 bits per heavy atom. The van der Waals surface area contributed by atoms with Gasteiger partial charge in [-0.05, 0) is 36.8 Å². The maximum atomic E-state index is 13.0. The fourth-order valence-electron chi connectivity index (χ4n) is 2.47. The first kappa shape index (κ1) is 17.1. The molecular formula is C16H23N5O2. The summed E-state index contributed by atoms with van der Waals surface area (Å²) in [6.07, 6.45) is 1.94. The van der Waals surface area contributed by atoms with Crippen LogP contribution in [0.5, 0.6) is 0 Å². The molecule has 7 heteroatoms. The summed E-state index contributed by atoms with van der Waals surface area (Å²) in [7, 11) is 0. The van der Waals surface area contributed by atoms with Crippen LogP contribution in [0, 0.1) is 0 Å². The van der Waals surface area contributed by atoms with Crippen LogP contribution in [0.25, 0.3) is 0 Å².